The fourth-order valence-electron chi connectivity index (χ4n) is 3.31. The maximum Gasteiger partial charge on any atom is 0.227 e. The molecule has 1 aliphatic rings. The Morgan fingerprint density at radius 1 is 1.31 bits per heavy atom. The van der Waals surface area contributed by atoms with Gasteiger partial charge in [0.05, 0.1) is 31.5 Å². The summed E-state index contributed by atoms with van der Waals surface area (Å²) in [5, 5.41) is 1.00. The molecule has 134 valence electrons. The molecule has 26 heavy (non-hydrogen) atoms. The van der Waals surface area contributed by atoms with Crippen LogP contribution in [-0.4, -0.2) is 40.5 Å². The van der Waals surface area contributed by atoms with Gasteiger partial charge in [0.1, 0.15) is 17.5 Å². The van der Waals surface area contributed by atoms with Gasteiger partial charge in [-0.05, 0) is 31.5 Å². The lowest BCUT2D eigenvalue weighted by molar-refractivity contribution is -0.138. The number of carbonyl (C=O) groups is 1. The number of nitrogens with zero attached hydrogens (tertiary/aromatic N) is 3. The first-order valence-electron chi connectivity index (χ1n) is 8.76. The Morgan fingerprint density at radius 2 is 2.19 bits per heavy atom. The molecule has 4 rings (SSSR count). The molecular weight excluding hydrogens is 330 g/mol. The van der Waals surface area contributed by atoms with Crippen LogP contribution in [0.5, 0.6) is 0 Å². The van der Waals surface area contributed by atoms with Crippen molar-refractivity contribution in [1.29, 1.82) is 0 Å². The van der Waals surface area contributed by atoms with E-state index in [2.05, 4.69) is 9.97 Å². The number of carbonyl (C=O) groups excluding carboxylic acids is 1. The summed E-state index contributed by atoms with van der Waals surface area (Å²) in [5.41, 5.74) is 3.70. The van der Waals surface area contributed by atoms with Gasteiger partial charge in [-0.15, -0.1) is 0 Å². The largest absolute Gasteiger partial charge is 0.464 e. The van der Waals surface area contributed by atoms with Gasteiger partial charge in [0, 0.05) is 23.7 Å². The summed E-state index contributed by atoms with van der Waals surface area (Å²) >= 11 is 0. The second-order valence-electron chi connectivity index (χ2n) is 6.67. The minimum atomic E-state index is -0.210. The predicted octanol–water partition coefficient (Wildman–Crippen LogP) is 2.98. The monoisotopic (exact) mass is 351 g/mol. The molecule has 2 aromatic heterocycles. The van der Waals surface area contributed by atoms with Crippen molar-refractivity contribution in [3.05, 3.63) is 59.4 Å². The van der Waals surface area contributed by atoms with E-state index in [0.717, 1.165) is 27.8 Å². The second kappa shape index (κ2) is 6.88. The van der Waals surface area contributed by atoms with Crippen molar-refractivity contribution in [1.82, 2.24) is 14.9 Å². The van der Waals surface area contributed by atoms with Gasteiger partial charge in [-0.25, -0.2) is 9.97 Å². The first-order valence-corrected chi connectivity index (χ1v) is 8.76. The van der Waals surface area contributed by atoms with Crippen molar-refractivity contribution in [2.24, 2.45) is 0 Å². The molecule has 0 spiro atoms. The summed E-state index contributed by atoms with van der Waals surface area (Å²) in [5.74, 6) is 0.780. The molecule has 6 nitrogen and oxygen atoms in total. The van der Waals surface area contributed by atoms with E-state index in [0.29, 0.717) is 31.9 Å². The minimum Gasteiger partial charge on any atom is -0.464 e. The number of hydrogen-bond donors (Lipinski definition) is 0. The van der Waals surface area contributed by atoms with Gasteiger partial charge < -0.3 is 14.1 Å². The fraction of sp³-hybridized carbons (Fsp3) is 0.350. The summed E-state index contributed by atoms with van der Waals surface area (Å²) in [6, 6.07) is 7.89. The highest BCUT2D eigenvalue weighted by Crippen LogP contribution is 2.25. The van der Waals surface area contributed by atoms with Crippen molar-refractivity contribution in [3.8, 4) is 0 Å². The van der Waals surface area contributed by atoms with Gasteiger partial charge in [-0.3, -0.25) is 4.79 Å². The van der Waals surface area contributed by atoms with Crippen molar-refractivity contribution in [3.63, 3.8) is 0 Å². The Labute approximate surface area is 151 Å². The number of amides is 1. The summed E-state index contributed by atoms with van der Waals surface area (Å²) < 4.78 is 11.4. The van der Waals surface area contributed by atoms with E-state index in [-0.39, 0.29) is 12.0 Å². The SMILES string of the molecule is Cc1ccc2c(CC(=O)N3CCOC(c4ccnc(C)n4)C3)coc2c1. The predicted molar refractivity (Wildman–Crippen MR) is 96.7 cm³/mol. The maximum absolute atomic E-state index is 12.8. The standard InChI is InChI=1S/C20H21N3O3/c1-13-3-4-16-15(12-26-18(16)9-13)10-20(24)23-7-8-25-19(11-23)17-5-6-21-14(2)22-17/h3-6,9,12,19H,7-8,10-11H2,1-2H3. The number of morpholine rings is 1. The molecule has 1 saturated heterocycles. The zero-order chi connectivity index (χ0) is 18.1. The van der Waals surface area contributed by atoms with E-state index < -0.39 is 0 Å². The highest BCUT2D eigenvalue weighted by molar-refractivity contribution is 5.88. The van der Waals surface area contributed by atoms with Crippen LogP contribution in [0.2, 0.25) is 0 Å². The third-order valence-electron chi connectivity index (χ3n) is 4.70. The molecule has 3 heterocycles. The van der Waals surface area contributed by atoms with Gasteiger partial charge >= 0.3 is 0 Å². The fourth-order valence-corrected chi connectivity index (χ4v) is 3.31. The summed E-state index contributed by atoms with van der Waals surface area (Å²) in [6.45, 7) is 5.47. The molecular formula is C20H21N3O3. The lowest BCUT2D eigenvalue weighted by Gasteiger charge is -2.32. The zero-order valence-corrected chi connectivity index (χ0v) is 14.9. The van der Waals surface area contributed by atoms with Crippen LogP contribution in [-0.2, 0) is 16.0 Å². The van der Waals surface area contributed by atoms with E-state index in [4.69, 9.17) is 9.15 Å². The first-order chi connectivity index (χ1) is 12.6. The molecule has 6 heteroatoms. The average molecular weight is 351 g/mol. The first kappa shape index (κ1) is 16.7. The van der Waals surface area contributed by atoms with Crippen LogP contribution in [0.3, 0.4) is 0 Å². The topological polar surface area (TPSA) is 68.5 Å². The van der Waals surface area contributed by atoms with Crippen LogP contribution in [0, 0.1) is 13.8 Å². The van der Waals surface area contributed by atoms with Gasteiger partial charge in [0.2, 0.25) is 5.91 Å². The molecule has 0 bridgehead atoms. The van der Waals surface area contributed by atoms with Crippen molar-refractivity contribution in [2.45, 2.75) is 26.4 Å². The smallest absolute Gasteiger partial charge is 0.227 e. The van der Waals surface area contributed by atoms with Gasteiger partial charge in [0.15, 0.2) is 0 Å². The van der Waals surface area contributed by atoms with Crippen molar-refractivity contribution in [2.75, 3.05) is 19.7 Å². The van der Waals surface area contributed by atoms with Crippen molar-refractivity contribution >= 4 is 16.9 Å². The summed E-state index contributed by atoms with van der Waals surface area (Å²) in [6.07, 6.45) is 3.53. The Kier molecular flexibility index (Phi) is 4.42. The molecule has 0 N–H and O–H groups in total. The minimum absolute atomic E-state index is 0.0763. The van der Waals surface area contributed by atoms with Crippen LogP contribution in [0.25, 0.3) is 11.0 Å². The number of aromatic nitrogens is 2. The van der Waals surface area contributed by atoms with E-state index in [1.165, 1.54) is 0 Å². The zero-order valence-electron chi connectivity index (χ0n) is 14.9. The number of benzene rings is 1. The molecule has 0 aliphatic carbocycles. The Morgan fingerprint density at radius 3 is 3.04 bits per heavy atom. The van der Waals surface area contributed by atoms with E-state index in [1.54, 1.807) is 12.5 Å². The molecule has 1 unspecified atom stereocenters. The molecule has 1 amide bonds. The summed E-state index contributed by atoms with van der Waals surface area (Å²) in [4.78, 5) is 23.2. The maximum atomic E-state index is 12.8. The number of rotatable bonds is 3. The van der Waals surface area contributed by atoms with Crippen LogP contribution in [0.15, 0.2) is 41.1 Å². The molecule has 1 aromatic carbocycles. The van der Waals surface area contributed by atoms with E-state index >= 15 is 0 Å². The van der Waals surface area contributed by atoms with Crippen LogP contribution in [0.4, 0.5) is 0 Å². The molecule has 0 saturated carbocycles. The highest BCUT2D eigenvalue weighted by Gasteiger charge is 2.27. The van der Waals surface area contributed by atoms with Crippen molar-refractivity contribution < 1.29 is 13.9 Å². The van der Waals surface area contributed by atoms with Crippen LogP contribution in [0.1, 0.15) is 28.7 Å². The lowest BCUT2D eigenvalue weighted by Crippen LogP contribution is -2.43. The quantitative estimate of drug-likeness (QED) is 0.726. The van der Waals surface area contributed by atoms with Gasteiger partial charge in [-0.1, -0.05) is 12.1 Å². The Bertz CT molecular complexity index is 950. The number of ether oxygens (including phenoxy) is 1. The Balaban J connectivity index is 1.49. The Hall–Kier alpha value is -2.73. The number of furan rings is 1. The molecule has 1 aliphatic heterocycles. The molecule has 1 fully saturated rings. The normalized spacial score (nSPS) is 17.6. The highest BCUT2D eigenvalue weighted by atomic mass is 16.5. The number of fused-ring (bicyclic) bond motifs is 1. The third kappa shape index (κ3) is 3.32. The number of aryl methyl sites for hydroxylation is 2. The molecule has 0 radical (unpaired) electrons. The van der Waals surface area contributed by atoms with E-state index in [9.17, 15) is 4.79 Å². The second-order valence-corrected chi connectivity index (χ2v) is 6.67. The molecule has 3 aromatic rings. The van der Waals surface area contributed by atoms with Crippen LogP contribution >= 0.6 is 0 Å². The van der Waals surface area contributed by atoms with Crippen LogP contribution < -0.4 is 0 Å². The third-order valence-corrected chi connectivity index (χ3v) is 4.70. The average Bonchev–Trinajstić information content (AvgIpc) is 3.03. The van der Waals surface area contributed by atoms with E-state index in [1.807, 2.05) is 43.0 Å². The molecule has 1 atom stereocenters. The van der Waals surface area contributed by atoms with Gasteiger partial charge in [0.25, 0.3) is 0 Å². The summed E-state index contributed by atoms with van der Waals surface area (Å²) in [7, 11) is 0. The lowest BCUT2D eigenvalue weighted by atomic mass is 10.1. The van der Waals surface area contributed by atoms with Gasteiger partial charge in [-0.2, -0.15) is 0 Å². The number of hydrogen-bond acceptors (Lipinski definition) is 5.